The fourth-order valence-electron chi connectivity index (χ4n) is 3.19. The van der Waals surface area contributed by atoms with Crippen molar-refractivity contribution in [2.24, 2.45) is 11.8 Å². The van der Waals surface area contributed by atoms with E-state index in [9.17, 15) is 22.8 Å². The van der Waals surface area contributed by atoms with Crippen LogP contribution in [0, 0.1) is 11.8 Å². The number of urea groups is 1. The predicted octanol–water partition coefficient (Wildman–Crippen LogP) is 2.34. The summed E-state index contributed by atoms with van der Waals surface area (Å²) < 4.78 is 40.7. The Morgan fingerprint density at radius 2 is 1.89 bits per heavy atom. The minimum atomic E-state index is -4.67. The molecule has 150 valence electrons. The lowest BCUT2D eigenvalue weighted by Gasteiger charge is -2.18. The smallest absolute Gasteiger partial charge is 0.394 e. The van der Waals surface area contributed by atoms with E-state index < -0.39 is 43.1 Å². The van der Waals surface area contributed by atoms with E-state index in [1.54, 1.807) is 16.9 Å². The second-order valence-corrected chi connectivity index (χ2v) is 6.65. The highest BCUT2D eigenvalue weighted by Crippen LogP contribution is 2.37. The number of benzene rings is 1. The lowest BCUT2D eigenvalue weighted by atomic mass is 9.96. The maximum Gasteiger partial charge on any atom is 0.394 e. The molecule has 1 aliphatic heterocycles. The first kappa shape index (κ1) is 19.7. The molecule has 1 saturated heterocycles. The summed E-state index contributed by atoms with van der Waals surface area (Å²) >= 11 is 0. The first-order valence-electron chi connectivity index (χ1n) is 8.62. The predicted molar refractivity (Wildman–Crippen MR) is 92.3 cm³/mol. The summed E-state index contributed by atoms with van der Waals surface area (Å²) in [7, 11) is 0. The molecule has 0 saturated carbocycles. The molecule has 3 rings (SSSR count). The lowest BCUT2D eigenvalue weighted by molar-refractivity contribution is -0.187. The number of nitrogens with one attached hydrogen (secondary N) is 1. The molecule has 0 aliphatic carbocycles. The number of hydrogen-bond acceptors (Lipinski definition) is 3. The van der Waals surface area contributed by atoms with E-state index in [1.807, 2.05) is 30.3 Å². The van der Waals surface area contributed by atoms with Crippen molar-refractivity contribution in [3.05, 3.63) is 53.9 Å². The Kier molecular flexibility index (Phi) is 5.57. The molecule has 0 bridgehead atoms. The van der Waals surface area contributed by atoms with E-state index in [0.29, 0.717) is 12.2 Å². The molecule has 2 atom stereocenters. The summed E-state index contributed by atoms with van der Waals surface area (Å²) in [6, 6.07) is 10.6. The molecule has 1 aromatic heterocycles. The molecule has 0 unspecified atom stereocenters. The summed E-state index contributed by atoms with van der Waals surface area (Å²) in [5.41, 5.74) is 1.60. The van der Waals surface area contributed by atoms with Gasteiger partial charge in [0.1, 0.15) is 0 Å². The van der Waals surface area contributed by atoms with Gasteiger partial charge in [-0.05, 0) is 11.6 Å². The average molecular weight is 396 g/mol. The number of alkyl halides is 3. The number of carbonyl (C=O) groups excluding carboxylic acids is 1. The van der Waals surface area contributed by atoms with E-state index in [1.165, 1.54) is 0 Å². The molecule has 2 N–H and O–H groups in total. The molecule has 10 heteroatoms. The number of rotatable bonds is 5. The molecule has 1 aliphatic rings. The van der Waals surface area contributed by atoms with Crippen molar-refractivity contribution < 1.29 is 27.9 Å². The highest BCUT2D eigenvalue weighted by Gasteiger charge is 2.53. The number of carboxylic acid groups (broad SMARTS) is 1. The van der Waals surface area contributed by atoms with Crippen LogP contribution in [0.1, 0.15) is 11.3 Å². The molecule has 1 aromatic carbocycles. The molecular formula is C18H19F3N4O3. The van der Waals surface area contributed by atoms with Gasteiger partial charge in [0.05, 0.1) is 30.6 Å². The van der Waals surface area contributed by atoms with Gasteiger partial charge in [0.25, 0.3) is 0 Å². The van der Waals surface area contributed by atoms with E-state index >= 15 is 0 Å². The fraction of sp³-hybridized carbons (Fsp3) is 0.389. The highest BCUT2D eigenvalue weighted by molar-refractivity contribution is 5.77. The Morgan fingerprint density at radius 1 is 1.18 bits per heavy atom. The molecule has 7 nitrogen and oxygen atoms in total. The Bertz CT molecular complexity index is 838. The van der Waals surface area contributed by atoms with E-state index in [-0.39, 0.29) is 6.54 Å². The molecule has 2 amide bonds. The maximum atomic E-state index is 13.0. The van der Waals surface area contributed by atoms with Gasteiger partial charge >= 0.3 is 18.2 Å². The van der Waals surface area contributed by atoms with Crippen molar-refractivity contribution in [2.75, 3.05) is 13.1 Å². The highest BCUT2D eigenvalue weighted by atomic mass is 19.4. The quantitative estimate of drug-likeness (QED) is 0.812. The molecule has 2 heterocycles. The normalized spacial score (nSPS) is 19.6. The molecule has 2 aromatic rings. The molecule has 28 heavy (non-hydrogen) atoms. The minimum Gasteiger partial charge on any atom is -0.481 e. The Balaban J connectivity index is 1.55. The van der Waals surface area contributed by atoms with Crippen LogP contribution in [0.4, 0.5) is 18.0 Å². The SMILES string of the molecule is O=C(O)[C@@H]1CN(C(=O)NCc2ccn(Cc3ccccc3)n2)C[C@H]1C(F)(F)F. The zero-order valence-corrected chi connectivity index (χ0v) is 14.8. The molecule has 0 spiro atoms. The van der Waals surface area contributed by atoms with Crippen LogP contribution >= 0.6 is 0 Å². The van der Waals surface area contributed by atoms with Crippen LogP contribution in [0.3, 0.4) is 0 Å². The van der Waals surface area contributed by atoms with E-state index in [4.69, 9.17) is 5.11 Å². The number of hydrogen-bond donors (Lipinski definition) is 2. The summed E-state index contributed by atoms with van der Waals surface area (Å²) in [6.07, 6.45) is -2.93. The monoisotopic (exact) mass is 396 g/mol. The van der Waals surface area contributed by atoms with Crippen LogP contribution in [0.5, 0.6) is 0 Å². The van der Waals surface area contributed by atoms with Crippen LogP contribution < -0.4 is 5.32 Å². The van der Waals surface area contributed by atoms with Crippen LogP contribution in [0.15, 0.2) is 42.6 Å². The zero-order valence-electron chi connectivity index (χ0n) is 14.8. The van der Waals surface area contributed by atoms with Crippen molar-refractivity contribution in [1.29, 1.82) is 0 Å². The number of carbonyl (C=O) groups is 2. The standard InChI is InChI=1S/C18H19F3N4O3/c19-18(20,21)15-11-24(10-14(15)16(26)27)17(28)22-8-13-6-7-25(23-13)9-12-4-2-1-3-5-12/h1-7,14-15H,8-11H2,(H,22,28)(H,26,27)/t14-,15-/m1/s1. The number of aliphatic carboxylic acids is 1. The number of likely N-dealkylation sites (tertiary alicyclic amines) is 1. The molecule has 0 radical (unpaired) electrons. The van der Waals surface area contributed by atoms with Gasteiger partial charge in [-0.25, -0.2) is 4.79 Å². The van der Waals surface area contributed by atoms with Crippen LogP contribution in [0.2, 0.25) is 0 Å². The van der Waals surface area contributed by atoms with Crippen LogP contribution in [0.25, 0.3) is 0 Å². The number of nitrogens with zero attached hydrogens (tertiary/aromatic N) is 3. The minimum absolute atomic E-state index is 0.0333. The lowest BCUT2D eigenvalue weighted by Crippen LogP contribution is -2.39. The van der Waals surface area contributed by atoms with Gasteiger partial charge < -0.3 is 15.3 Å². The van der Waals surface area contributed by atoms with Gasteiger partial charge in [-0.3, -0.25) is 9.48 Å². The number of amides is 2. The Morgan fingerprint density at radius 3 is 2.50 bits per heavy atom. The van der Waals surface area contributed by atoms with Crippen LogP contribution in [-0.4, -0.2) is 51.1 Å². The maximum absolute atomic E-state index is 13.0. The third kappa shape index (κ3) is 4.62. The summed E-state index contributed by atoms with van der Waals surface area (Å²) in [5, 5.41) is 15.8. The summed E-state index contributed by atoms with van der Waals surface area (Å²) in [4.78, 5) is 24.2. The summed E-state index contributed by atoms with van der Waals surface area (Å²) in [5.74, 6) is -5.28. The number of aromatic nitrogens is 2. The Hall–Kier alpha value is -3.04. The second kappa shape index (κ2) is 7.91. The van der Waals surface area contributed by atoms with Gasteiger partial charge in [-0.15, -0.1) is 0 Å². The van der Waals surface area contributed by atoms with Gasteiger partial charge in [-0.1, -0.05) is 30.3 Å². The third-order valence-corrected chi connectivity index (χ3v) is 4.65. The van der Waals surface area contributed by atoms with E-state index in [2.05, 4.69) is 10.4 Å². The molecule has 1 fully saturated rings. The first-order valence-corrected chi connectivity index (χ1v) is 8.62. The fourth-order valence-corrected chi connectivity index (χ4v) is 3.19. The van der Waals surface area contributed by atoms with Gasteiger partial charge in [0.15, 0.2) is 0 Å². The third-order valence-electron chi connectivity index (χ3n) is 4.65. The van der Waals surface area contributed by atoms with Crippen LogP contribution in [-0.2, 0) is 17.9 Å². The molecular weight excluding hydrogens is 377 g/mol. The van der Waals surface area contributed by atoms with Gasteiger partial charge in [-0.2, -0.15) is 18.3 Å². The number of halogens is 3. The van der Waals surface area contributed by atoms with Gasteiger partial charge in [0, 0.05) is 19.3 Å². The number of carboxylic acids is 1. The van der Waals surface area contributed by atoms with Gasteiger partial charge in [0.2, 0.25) is 0 Å². The first-order chi connectivity index (χ1) is 13.2. The van der Waals surface area contributed by atoms with Crippen molar-refractivity contribution in [3.63, 3.8) is 0 Å². The topological polar surface area (TPSA) is 87.5 Å². The van der Waals surface area contributed by atoms with Crippen molar-refractivity contribution in [1.82, 2.24) is 20.0 Å². The summed E-state index contributed by atoms with van der Waals surface area (Å²) in [6.45, 7) is -0.567. The van der Waals surface area contributed by atoms with E-state index in [0.717, 1.165) is 10.5 Å². The van der Waals surface area contributed by atoms with Crippen molar-refractivity contribution in [2.45, 2.75) is 19.3 Å². The Labute approximate surface area is 158 Å². The van der Waals surface area contributed by atoms with Crippen molar-refractivity contribution in [3.8, 4) is 0 Å². The second-order valence-electron chi connectivity index (χ2n) is 6.65. The van der Waals surface area contributed by atoms with Crippen molar-refractivity contribution >= 4 is 12.0 Å². The average Bonchev–Trinajstić information content (AvgIpc) is 3.27. The zero-order chi connectivity index (χ0) is 20.3. The largest absolute Gasteiger partial charge is 0.481 e.